The molecule has 2 aromatic rings. The van der Waals surface area contributed by atoms with Crippen LogP contribution < -0.4 is 0 Å². The molecular weight excluding hydrogens is 410 g/mol. The molecule has 3 aliphatic heterocycles. The molecule has 0 bridgehead atoms. The van der Waals surface area contributed by atoms with E-state index in [1.807, 2.05) is 18.2 Å². The van der Waals surface area contributed by atoms with E-state index in [1.54, 1.807) is 17.0 Å². The van der Waals surface area contributed by atoms with Crippen molar-refractivity contribution < 1.29 is 13.6 Å². The van der Waals surface area contributed by atoms with E-state index >= 15 is 0 Å². The Morgan fingerprint density at radius 1 is 0.969 bits per heavy atom. The third kappa shape index (κ3) is 3.93. The molecule has 2 aromatic carbocycles. The van der Waals surface area contributed by atoms with E-state index in [0.29, 0.717) is 25.6 Å². The SMILES string of the molecule is CC(F)(F)c1ccc(CN2C(=O)C3=C(CCN(Cc4ccccc4)C3)N3CCN=C23)cc1. The van der Waals surface area contributed by atoms with Crippen LogP contribution in [0.4, 0.5) is 8.78 Å². The molecular formula is C25H26F2N4O. The third-order valence-electron chi connectivity index (χ3n) is 6.33. The van der Waals surface area contributed by atoms with Crippen molar-refractivity contribution in [3.8, 4) is 0 Å². The van der Waals surface area contributed by atoms with Crippen LogP contribution in [-0.2, 0) is 23.8 Å². The molecule has 7 heteroatoms. The molecule has 5 nitrogen and oxygen atoms in total. The summed E-state index contributed by atoms with van der Waals surface area (Å²) in [6.45, 7) is 4.95. The van der Waals surface area contributed by atoms with E-state index in [9.17, 15) is 13.6 Å². The van der Waals surface area contributed by atoms with E-state index < -0.39 is 5.92 Å². The zero-order chi connectivity index (χ0) is 22.3. The minimum absolute atomic E-state index is 0.0279. The largest absolute Gasteiger partial charge is 0.314 e. The molecule has 0 N–H and O–H groups in total. The summed E-state index contributed by atoms with van der Waals surface area (Å²) in [7, 11) is 0. The maximum Gasteiger partial charge on any atom is 0.270 e. The lowest BCUT2D eigenvalue weighted by atomic mass is 9.99. The minimum Gasteiger partial charge on any atom is -0.314 e. The fraction of sp³-hybridized carbons (Fsp3) is 0.360. The highest BCUT2D eigenvalue weighted by Gasteiger charge is 2.41. The topological polar surface area (TPSA) is 39.2 Å². The Morgan fingerprint density at radius 3 is 2.41 bits per heavy atom. The number of hydrogen-bond acceptors (Lipinski definition) is 4. The standard InChI is InChI=1S/C25H26F2N4O/c1-25(26,27)20-9-7-19(8-10-20)16-31-23(32)21-17-29(15-18-5-3-2-4-6-18)13-11-22(21)30-14-12-28-24(30)31/h2-10H,11-17H2,1H3. The number of guanidine groups is 1. The highest BCUT2D eigenvalue weighted by atomic mass is 19.3. The van der Waals surface area contributed by atoms with Crippen LogP contribution >= 0.6 is 0 Å². The van der Waals surface area contributed by atoms with Crippen molar-refractivity contribution in [2.75, 3.05) is 26.2 Å². The van der Waals surface area contributed by atoms with Gasteiger partial charge in [-0.1, -0.05) is 54.6 Å². The van der Waals surface area contributed by atoms with Gasteiger partial charge in [0.05, 0.1) is 18.7 Å². The van der Waals surface area contributed by atoms with Crippen LogP contribution in [0.3, 0.4) is 0 Å². The minimum atomic E-state index is -2.88. The van der Waals surface area contributed by atoms with E-state index in [-0.39, 0.29) is 11.5 Å². The van der Waals surface area contributed by atoms with Crippen molar-refractivity contribution in [2.45, 2.75) is 32.4 Å². The molecule has 1 amide bonds. The molecule has 0 aliphatic carbocycles. The molecule has 0 aromatic heterocycles. The number of benzene rings is 2. The number of halogens is 2. The van der Waals surface area contributed by atoms with Crippen LogP contribution in [0, 0.1) is 0 Å². The number of carbonyl (C=O) groups excluding carboxylic acids is 1. The van der Waals surface area contributed by atoms with Crippen LogP contribution in [0.2, 0.25) is 0 Å². The third-order valence-corrected chi connectivity index (χ3v) is 6.33. The van der Waals surface area contributed by atoms with E-state index in [4.69, 9.17) is 0 Å². The summed E-state index contributed by atoms with van der Waals surface area (Å²) in [4.78, 5) is 24.3. The molecule has 0 radical (unpaired) electrons. The smallest absolute Gasteiger partial charge is 0.270 e. The molecule has 166 valence electrons. The van der Waals surface area contributed by atoms with Gasteiger partial charge in [0, 0.05) is 50.8 Å². The van der Waals surface area contributed by atoms with Crippen molar-refractivity contribution in [1.29, 1.82) is 0 Å². The van der Waals surface area contributed by atoms with Gasteiger partial charge in [-0.3, -0.25) is 19.6 Å². The van der Waals surface area contributed by atoms with Crippen LogP contribution in [-0.4, -0.2) is 52.7 Å². The molecule has 5 rings (SSSR count). The van der Waals surface area contributed by atoms with Crippen molar-refractivity contribution >= 4 is 11.9 Å². The first-order valence-electron chi connectivity index (χ1n) is 11.0. The summed E-state index contributed by atoms with van der Waals surface area (Å²) in [5, 5.41) is 0. The maximum absolute atomic E-state index is 13.6. The van der Waals surface area contributed by atoms with Gasteiger partial charge in [-0.15, -0.1) is 0 Å². The second-order valence-corrected chi connectivity index (χ2v) is 8.68. The number of nitrogens with zero attached hydrogens (tertiary/aromatic N) is 4. The van der Waals surface area contributed by atoms with Crippen molar-refractivity contribution in [3.63, 3.8) is 0 Å². The molecule has 32 heavy (non-hydrogen) atoms. The summed E-state index contributed by atoms with van der Waals surface area (Å²) in [6.07, 6.45) is 0.820. The van der Waals surface area contributed by atoms with Gasteiger partial charge in [0.1, 0.15) is 0 Å². The number of amides is 1. The number of carbonyl (C=O) groups is 1. The number of fused-ring (bicyclic) bond motifs is 2. The van der Waals surface area contributed by atoms with Gasteiger partial charge in [0.2, 0.25) is 5.96 Å². The number of alkyl halides is 2. The van der Waals surface area contributed by atoms with Gasteiger partial charge in [0.25, 0.3) is 11.8 Å². The van der Waals surface area contributed by atoms with Gasteiger partial charge < -0.3 is 4.90 Å². The quantitative estimate of drug-likeness (QED) is 0.712. The fourth-order valence-electron chi connectivity index (χ4n) is 4.68. The molecule has 0 saturated heterocycles. The van der Waals surface area contributed by atoms with Gasteiger partial charge in [0.15, 0.2) is 0 Å². The Balaban J connectivity index is 1.37. The lowest BCUT2D eigenvalue weighted by Crippen LogP contribution is -2.53. The number of hydrogen-bond donors (Lipinski definition) is 0. The van der Waals surface area contributed by atoms with Crippen LogP contribution in [0.15, 0.2) is 70.9 Å². The van der Waals surface area contributed by atoms with Gasteiger partial charge in [-0.05, 0) is 11.1 Å². The van der Waals surface area contributed by atoms with Gasteiger partial charge in [-0.25, -0.2) is 8.78 Å². The summed E-state index contributed by atoms with van der Waals surface area (Å²) < 4.78 is 27.1. The van der Waals surface area contributed by atoms with Crippen molar-refractivity contribution in [3.05, 3.63) is 82.6 Å². The van der Waals surface area contributed by atoms with Crippen LogP contribution in [0.1, 0.15) is 30.0 Å². The van der Waals surface area contributed by atoms with Crippen LogP contribution in [0.25, 0.3) is 0 Å². The van der Waals surface area contributed by atoms with Gasteiger partial charge >= 0.3 is 0 Å². The Morgan fingerprint density at radius 2 is 1.69 bits per heavy atom. The summed E-state index contributed by atoms with van der Waals surface area (Å²) in [5.74, 6) is -2.22. The Labute approximate surface area is 186 Å². The first-order valence-corrected chi connectivity index (χ1v) is 11.0. The Kier molecular flexibility index (Phi) is 5.29. The summed E-state index contributed by atoms with van der Waals surface area (Å²) in [5.41, 5.74) is 3.92. The first kappa shape index (κ1) is 20.8. The lowest BCUT2D eigenvalue weighted by Gasteiger charge is -2.42. The van der Waals surface area contributed by atoms with Crippen molar-refractivity contribution in [1.82, 2.24) is 14.7 Å². The molecule has 0 saturated carbocycles. The summed E-state index contributed by atoms with van der Waals surface area (Å²) >= 11 is 0. The van der Waals surface area contributed by atoms with E-state index in [1.165, 1.54) is 17.7 Å². The lowest BCUT2D eigenvalue weighted by molar-refractivity contribution is -0.125. The number of aliphatic imine (C=N–C) groups is 1. The zero-order valence-corrected chi connectivity index (χ0v) is 18.1. The Bertz CT molecular complexity index is 1070. The predicted molar refractivity (Wildman–Crippen MR) is 119 cm³/mol. The molecule has 0 spiro atoms. The average molecular weight is 437 g/mol. The highest BCUT2D eigenvalue weighted by Crippen LogP contribution is 2.33. The maximum atomic E-state index is 13.6. The van der Waals surface area contributed by atoms with Crippen LogP contribution in [0.5, 0.6) is 0 Å². The second-order valence-electron chi connectivity index (χ2n) is 8.68. The number of rotatable bonds is 5. The predicted octanol–water partition coefficient (Wildman–Crippen LogP) is 3.97. The normalized spacial score (nSPS) is 19.2. The second kappa shape index (κ2) is 8.13. The zero-order valence-electron chi connectivity index (χ0n) is 18.1. The Hall–Kier alpha value is -3.06. The average Bonchev–Trinajstić information content (AvgIpc) is 3.27. The molecule has 0 unspecified atom stereocenters. The van der Waals surface area contributed by atoms with E-state index in [0.717, 1.165) is 49.8 Å². The molecule has 0 atom stereocenters. The monoisotopic (exact) mass is 436 g/mol. The highest BCUT2D eigenvalue weighted by molar-refractivity contribution is 6.09. The molecule has 3 aliphatic rings. The molecule has 3 heterocycles. The van der Waals surface area contributed by atoms with Crippen molar-refractivity contribution in [2.24, 2.45) is 4.99 Å². The van der Waals surface area contributed by atoms with E-state index in [2.05, 4.69) is 26.9 Å². The first-order chi connectivity index (χ1) is 15.4. The summed E-state index contributed by atoms with van der Waals surface area (Å²) in [6, 6.07) is 16.5. The van der Waals surface area contributed by atoms with Gasteiger partial charge in [-0.2, -0.15) is 0 Å². The molecule has 0 fully saturated rings. The fourth-order valence-corrected chi connectivity index (χ4v) is 4.68.